The lowest BCUT2D eigenvalue weighted by Gasteiger charge is -2.08. The van der Waals surface area contributed by atoms with E-state index in [0.29, 0.717) is 17.3 Å². The summed E-state index contributed by atoms with van der Waals surface area (Å²) in [4.78, 5) is 32.5. The van der Waals surface area contributed by atoms with Crippen LogP contribution in [0.5, 0.6) is 0 Å². The van der Waals surface area contributed by atoms with Crippen molar-refractivity contribution in [2.75, 3.05) is 10.6 Å². The first-order chi connectivity index (χ1) is 13.7. The van der Waals surface area contributed by atoms with Crippen molar-refractivity contribution in [1.82, 2.24) is 19.7 Å². The van der Waals surface area contributed by atoms with Crippen LogP contribution in [-0.4, -0.2) is 31.7 Å². The van der Waals surface area contributed by atoms with Gasteiger partial charge in [-0.1, -0.05) is 6.07 Å². The van der Waals surface area contributed by atoms with Gasteiger partial charge in [-0.05, 0) is 52.0 Å². The molecule has 0 aliphatic rings. The number of urea groups is 1. The number of hydrogen-bond acceptors (Lipinski definition) is 5. The number of aryl methyl sites for hydroxylation is 3. The maximum absolute atomic E-state index is 12.6. The predicted octanol–water partition coefficient (Wildman–Crippen LogP) is 2.57. The van der Waals surface area contributed by atoms with Crippen molar-refractivity contribution in [2.45, 2.75) is 34.1 Å². The van der Waals surface area contributed by atoms with Crippen LogP contribution in [0.4, 0.5) is 16.2 Å². The van der Waals surface area contributed by atoms with Crippen LogP contribution in [0.3, 0.4) is 0 Å². The molecule has 3 aromatic rings. The van der Waals surface area contributed by atoms with Crippen LogP contribution in [0.1, 0.15) is 28.3 Å². The van der Waals surface area contributed by atoms with E-state index in [0.717, 1.165) is 28.3 Å². The maximum atomic E-state index is 12.6. The molecule has 0 unspecified atom stereocenters. The van der Waals surface area contributed by atoms with Crippen molar-refractivity contribution in [3.63, 3.8) is 0 Å². The zero-order valence-corrected chi connectivity index (χ0v) is 16.8. The number of nitrogens with zero attached hydrogens (tertiary/aromatic N) is 4. The van der Waals surface area contributed by atoms with E-state index < -0.39 is 6.03 Å². The van der Waals surface area contributed by atoms with E-state index in [-0.39, 0.29) is 12.3 Å². The van der Waals surface area contributed by atoms with Crippen molar-refractivity contribution < 1.29 is 9.59 Å². The van der Waals surface area contributed by atoms with Gasteiger partial charge >= 0.3 is 6.03 Å². The molecule has 9 nitrogen and oxygen atoms in total. The minimum atomic E-state index is -0.666. The second-order valence-electron chi connectivity index (χ2n) is 6.81. The summed E-state index contributed by atoms with van der Waals surface area (Å²) in [5.41, 5.74) is 10.3. The Bertz CT molecular complexity index is 1070. The summed E-state index contributed by atoms with van der Waals surface area (Å²) in [7, 11) is 0. The van der Waals surface area contributed by atoms with Crippen LogP contribution in [0.2, 0.25) is 0 Å². The highest BCUT2D eigenvalue weighted by atomic mass is 16.2. The average Bonchev–Trinajstić information content (AvgIpc) is 2.89. The molecule has 4 N–H and O–H groups in total. The molecule has 3 rings (SSSR count). The Hall–Kier alpha value is -3.75. The molecule has 9 heteroatoms. The van der Waals surface area contributed by atoms with Crippen molar-refractivity contribution in [3.05, 3.63) is 58.7 Å². The van der Waals surface area contributed by atoms with E-state index in [2.05, 4.69) is 25.7 Å². The number of primary amides is 1. The number of aromatic nitrogens is 4. The average molecular weight is 393 g/mol. The number of anilines is 2. The molecule has 2 aromatic heterocycles. The van der Waals surface area contributed by atoms with Gasteiger partial charge in [0.05, 0.1) is 12.1 Å². The minimum absolute atomic E-state index is 0.149. The summed E-state index contributed by atoms with van der Waals surface area (Å²) in [5, 5.41) is 9.82. The van der Waals surface area contributed by atoms with Gasteiger partial charge in [0.15, 0.2) is 0 Å². The monoisotopic (exact) mass is 393 g/mol. The molecule has 0 aliphatic carbocycles. The highest BCUT2D eigenvalue weighted by Gasteiger charge is 2.18. The third-order valence-corrected chi connectivity index (χ3v) is 4.35. The van der Waals surface area contributed by atoms with Gasteiger partial charge in [-0.2, -0.15) is 5.10 Å². The first kappa shape index (κ1) is 20.0. The summed E-state index contributed by atoms with van der Waals surface area (Å²) >= 11 is 0. The molecule has 0 spiro atoms. The molecule has 0 saturated heterocycles. The van der Waals surface area contributed by atoms with Crippen molar-refractivity contribution in [2.24, 2.45) is 5.73 Å². The van der Waals surface area contributed by atoms with Crippen molar-refractivity contribution in [3.8, 4) is 5.95 Å². The summed E-state index contributed by atoms with van der Waals surface area (Å²) < 4.78 is 1.66. The fourth-order valence-corrected chi connectivity index (χ4v) is 3.11. The Kier molecular flexibility index (Phi) is 5.58. The van der Waals surface area contributed by atoms with Crippen molar-refractivity contribution >= 4 is 23.3 Å². The second-order valence-corrected chi connectivity index (χ2v) is 6.81. The van der Waals surface area contributed by atoms with Crippen LogP contribution in [-0.2, 0) is 11.2 Å². The number of amides is 3. The molecule has 0 bridgehead atoms. The number of rotatable bonds is 5. The Balaban J connectivity index is 1.79. The van der Waals surface area contributed by atoms with E-state index in [4.69, 9.17) is 5.73 Å². The molecule has 150 valence electrons. The van der Waals surface area contributed by atoms with Crippen LogP contribution in [0, 0.1) is 27.7 Å². The Labute approximate surface area is 168 Å². The van der Waals surface area contributed by atoms with Gasteiger partial charge in [0.1, 0.15) is 0 Å². The SMILES string of the molecule is Cc1cc(C)nc(-n2nc(C)c(CC(=O)Nc3cccc(NC(N)=O)c3)c2C)n1. The van der Waals surface area contributed by atoms with Gasteiger partial charge in [0, 0.05) is 34.0 Å². The summed E-state index contributed by atoms with van der Waals surface area (Å²) in [6.45, 7) is 7.55. The van der Waals surface area contributed by atoms with E-state index in [9.17, 15) is 9.59 Å². The molecule has 2 heterocycles. The molecule has 29 heavy (non-hydrogen) atoms. The Morgan fingerprint density at radius 3 is 2.24 bits per heavy atom. The van der Waals surface area contributed by atoms with Gasteiger partial charge in [-0.3, -0.25) is 4.79 Å². The van der Waals surface area contributed by atoms with Crippen LogP contribution in [0.25, 0.3) is 5.95 Å². The first-order valence-corrected chi connectivity index (χ1v) is 9.07. The largest absolute Gasteiger partial charge is 0.351 e. The third kappa shape index (κ3) is 4.75. The fourth-order valence-electron chi connectivity index (χ4n) is 3.11. The topological polar surface area (TPSA) is 128 Å². The number of benzene rings is 1. The van der Waals surface area contributed by atoms with Gasteiger partial charge < -0.3 is 16.4 Å². The summed E-state index contributed by atoms with van der Waals surface area (Å²) in [6, 6.07) is 7.99. The Morgan fingerprint density at radius 1 is 1.00 bits per heavy atom. The predicted molar refractivity (Wildman–Crippen MR) is 110 cm³/mol. The zero-order chi connectivity index (χ0) is 21.1. The van der Waals surface area contributed by atoms with E-state index >= 15 is 0 Å². The van der Waals surface area contributed by atoms with E-state index in [1.165, 1.54) is 0 Å². The fraction of sp³-hybridized carbons (Fsp3) is 0.250. The minimum Gasteiger partial charge on any atom is -0.351 e. The molecule has 0 saturated carbocycles. The summed E-state index contributed by atoms with van der Waals surface area (Å²) in [6.07, 6.45) is 0.149. The number of nitrogens with one attached hydrogen (secondary N) is 2. The highest BCUT2D eigenvalue weighted by molar-refractivity contribution is 5.94. The Morgan fingerprint density at radius 2 is 1.62 bits per heavy atom. The van der Waals surface area contributed by atoms with Gasteiger partial charge in [0.2, 0.25) is 5.91 Å². The molecule has 1 aromatic carbocycles. The first-order valence-electron chi connectivity index (χ1n) is 9.07. The lowest BCUT2D eigenvalue weighted by molar-refractivity contribution is -0.115. The molecule has 0 radical (unpaired) electrons. The third-order valence-electron chi connectivity index (χ3n) is 4.35. The molecular formula is C20H23N7O2. The molecular weight excluding hydrogens is 370 g/mol. The van der Waals surface area contributed by atoms with Gasteiger partial charge in [-0.25, -0.2) is 19.4 Å². The van der Waals surface area contributed by atoms with E-state index in [1.807, 2.05) is 33.8 Å². The lowest BCUT2D eigenvalue weighted by atomic mass is 10.1. The standard InChI is InChI=1S/C20H23N7O2/c1-11-8-12(2)23-20(22-11)27-14(4)17(13(3)26-27)10-18(28)24-15-6-5-7-16(9-15)25-19(21)29/h5-9H,10H2,1-4H3,(H,24,28)(H3,21,25,29). The molecule has 0 aliphatic heterocycles. The van der Waals surface area contributed by atoms with Crippen LogP contribution >= 0.6 is 0 Å². The van der Waals surface area contributed by atoms with Gasteiger partial charge in [-0.15, -0.1) is 0 Å². The molecule has 3 amide bonds. The normalized spacial score (nSPS) is 10.6. The number of hydrogen-bond donors (Lipinski definition) is 3. The quantitative estimate of drug-likeness (QED) is 0.614. The molecule has 0 atom stereocenters. The van der Waals surface area contributed by atoms with Crippen LogP contribution < -0.4 is 16.4 Å². The zero-order valence-electron chi connectivity index (χ0n) is 16.8. The summed E-state index contributed by atoms with van der Waals surface area (Å²) in [5.74, 6) is 0.285. The maximum Gasteiger partial charge on any atom is 0.316 e. The number of nitrogens with two attached hydrogens (primary N) is 1. The molecule has 0 fully saturated rings. The smallest absolute Gasteiger partial charge is 0.316 e. The number of carbonyl (C=O) groups excluding carboxylic acids is 2. The second kappa shape index (κ2) is 8.09. The van der Waals surface area contributed by atoms with Gasteiger partial charge in [0.25, 0.3) is 5.95 Å². The van der Waals surface area contributed by atoms with Crippen molar-refractivity contribution in [1.29, 1.82) is 0 Å². The number of carbonyl (C=O) groups is 2. The van der Waals surface area contributed by atoms with E-state index in [1.54, 1.807) is 28.9 Å². The van der Waals surface area contributed by atoms with Crippen LogP contribution in [0.15, 0.2) is 30.3 Å². The lowest BCUT2D eigenvalue weighted by Crippen LogP contribution is -2.19. The highest BCUT2D eigenvalue weighted by Crippen LogP contribution is 2.19.